The van der Waals surface area contributed by atoms with E-state index < -0.39 is 6.10 Å². The van der Waals surface area contributed by atoms with Crippen LogP contribution in [-0.2, 0) is 4.79 Å². The lowest BCUT2D eigenvalue weighted by atomic mass is 9.93. The summed E-state index contributed by atoms with van der Waals surface area (Å²) >= 11 is 6.13. The zero-order valence-corrected chi connectivity index (χ0v) is 21.3. The van der Waals surface area contributed by atoms with Crippen molar-refractivity contribution in [2.24, 2.45) is 0 Å². The van der Waals surface area contributed by atoms with Crippen molar-refractivity contribution in [2.45, 2.75) is 69.4 Å². The van der Waals surface area contributed by atoms with E-state index in [1.165, 1.54) is 32.1 Å². The number of aliphatic hydroxyl groups is 1. The molecular formula is C27H36ClN5O2. The molecule has 2 heterocycles. The summed E-state index contributed by atoms with van der Waals surface area (Å²) in [5.41, 5.74) is 2.84. The highest BCUT2D eigenvalue weighted by Gasteiger charge is 2.35. The van der Waals surface area contributed by atoms with Gasteiger partial charge in [0, 0.05) is 49.4 Å². The lowest BCUT2D eigenvalue weighted by Crippen LogP contribution is -2.51. The van der Waals surface area contributed by atoms with Gasteiger partial charge in [-0.1, -0.05) is 49.9 Å². The number of fused-ring (bicyclic) bond motifs is 1. The van der Waals surface area contributed by atoms with Gasteiger partial charge in [-0.3, -0.25) is 4.79 Å². The van der Waals surface area contributed by atoms with E-state index in [2.05, 4.69) is 27.1 Å². The number of amides is 1. The molecule has 5 rings (SSSR count). The highest BCUT2D eigenvalue weighted by Crippen LogP contribution is 2.42. The van der Waals surface area contributed by atoms with E-state index in [1.54, 1.807) is 6.33 Å². The van der Waals surface area contributed by atoms with Crippen molar-refractivity contribution in [2.75, 3.05) is 37.6 Å². The van der Waals surface area contributed by atoms with Crippen molar-refractivity contribution in [1.82, 2.24) is 20.2 Å². The molecule has 1 aliphatic heterocycles. The number of carbonyl (C=O) groups is 1. The molecule has 1 saturated heterocycles. The minimum atomic E-state index is -0.513. The van der Waals surface area contributed by atoms with Crippen LogP contribution in [0, 0.1) is 0 Å². The van der Waals surface area contributed by atoms with Crippen LogP contribution in [0.25, 0.3) is 0 Å². The standard InChI is InChI=1S/C27H36ClN5O2/c1-18-15-23(34)25-24(18)26(31-17-30-25)32-11-13-33(14-12-32)27(35)22(19-7-9-20(28)10-8-19)16-29-21-5-3-2-4-6-21/h7-10,17-18,21-23,29,34H,2-6,11-16H2,1H3/t18-,22-,23-/m1/s1. The molecule has 0 spiro atoms. The van der Waals surface area contributed by atoms with Gasteiger partial charge in [-0.2, -0.15) is 0 Å². The van der Waals surface area contributed by atoms with E-state index in [0.717, 1.165) is 35.7 Å². The Morgan fingerprint density at radius 2 is 1.83 bits per heavy atom. The fraction of sp³-hybridized carbons (Fsp3) is 0.593. The zero-order chi connectivity index (χ0) is 24.4. The van der Waals surface area contributed by atoms with Gasteiger partial charge in [0.1, 0.15) is 12.1 Å². The molecule has 1 aromatic heterocycles. The molecule has 2 N–H and O–H groups in total. The molecule has 2 aliphatic carbocycles. The van der Waals surface area contributed by atoms with Crippen molar-refractivity contribution in [1.29, 1.82) is 0 Å². The lowest BCUT2D eigenvalue weighted by Gasteiger charge is -2.38. The molecule has 0 unspecified atom stereocenters. The summed E-state index contributed by atoms with van der Waals surface area (Å²) in [5, 5.41) is 14.7. The largest absolute Gasteiger partial charge is 0.387 e. The maximum atomic E-state index is 13.8. The number of nitrogens with one attached hydrogen (secondary N) is 1. The Labute approximate surface area is 212 Å². The van der Waals surface area contributed by atoms with E-state index in [9.17, 15) is 9.90 Å². The average Bonchev–Trinajstić information content (AvgIpc) is 3.19. The minimum absolute atomic E-state index is 0.173. The molecular weight excluding hydrogens is 462 g/mol. The minimum Gasteiger partial charge on any atom is -0.387 e. The molecule has 2 aromatic rings. The maximum Gasteiger partial charge on any atom is 0.231 e. The van der Waals surface area contributed by atoms with Gasteiger partial charge >= 0.3 is 0 Å². The van der Waals surface area contributed by atoms with Gasteiger partial charge in [0.15, 0.2) is 0 Å². The van der Waals surface area contributed by atoms with E-state index in [4.69, 9.17) is 11.6 Å². The fourth-order valence-electron chi connectivity index (χ4n) is 5.95. The number of halogens is 1. The van der Waals surface area contributed by atoms with Gasteiger partial charge in [0.25, 0.3) is 0 Å². The molecule has 2 fully saturated rings. The molecule has 3 atom stereocenters. The molecule has 0 radical (unpaired) electrons. The third kappa shape index (κ3) is 5.32. The maximum absolute atomic E-state index is 13.8. The lowest BCUT2D eigenvalue weighted by molar-refractivity contribution is -0.133. The highest BCUT2D eigenvalue weighted by molar-refractivity contribution is 6.30. The number of aliphatic hydroxyl groups excluding tert-OH is 1. The quantitative estimate of drug-likeness (QED) is 0.627. The number of aromatic nitrogens is 2. The van der Waals surface area contributed by atoms with Crippen molar-refractivity contribution >= 4 is 23.3 Å². The predicted molar refractivity (Wildman–Crippen MR) is 138 cm³/mol. The average molecular weight is 498 g/mol. The Bertz CT molecular complexity index is 1020. The Morgan fingerprint density at radius 1 is 1.11 bits per heavy atom. The van der Waals surface area contributed by atoms with Crippen molar-refractivity contribution in [3.05, 3.63) is 52.4 Å². The van der Waals surface area contributed by atoms with E-state index >= 15 is 0 Å². The van der Waals surface area contributed by atoms with Crippen LogP contribution in [0.4, 0.5) is 5.82 Å². The zero-order valence-electron chi connectivity index (χ0n) is 20.5. The van der Waals surface area contributed by atoms with Gasteiger partial charge in [0.2, 0.25) is 5.91 Å². The molecule has 188 valence electrons. The van der Waals surface area contributed by atoms with Crippen LogP contribution < -0.4 is 10.2 Å². The summed E-state index contributed by atoms with van der Waals surface area (Å²) in [6.07, 6.45) is 7.96. The van der Waals surface area contributed by atoms with Crippen LogP contribution in [-0.4, -0.2) is 64.6 Å². The first-order valence-corrected chi connectivity index (χ1v) is 13.4. The summed E-state index contributed by atoms with van der Waals surface area (Å²) < 4.78 is 0. The van der Waals surface area contributed by atoms with Gasteiger partial charge in [-0.25, -0.2) is 9.97 Å². The Kier molecular flexibility index (Phi) is 7.56. The smallest absolute Gasteiger partial charge is 0.231 e. The summed E-state index contributed by atoms with van der Waals surface area (Å²) in [6.45, 7) is 5.53. The van der Waals surface area contributed by atoms with Gasteiger partial charge < -0.3 is 20.2 Å². The molecule has 0 bridgehead atoms. The SMILES string of the molecule is C[C@@H]1C[C@@H](O)c2ncnc(N3CCN(C(=O)[C@H](CNC4CCCCC4)c4ccc(Cl)cc4)CC3)c21. The number of hydrogen-bond donors (Lipinski definition) is 2. The number of anilines is 1. The predicted octanol–water partition coefficient (Wildman–Crippen LogP) is 4.03. The molecule has 35 heavy (non-hydrogen) atoms. The topological polar surface area (TPSA) is 81.6 Å². The molecule has 3 aliphatic rings. The summed E-state index contributed by atoms with van der Waals surface area (Å²) in [7, 11) is 0. The third-order valence-electron chi connectivity index (χ3n) is 7.96. The number of carbonyl (C=O) groups excluding carboxylic acids is 1. The van der Waals surface area contributed by atoms with Crippen LogP contribution in [0.15, 0.2) is 30.6 Å². The molecule has 8 heteroatoms. The molecule has 1 amide bonds. The summed E-state index contributed by atoms with van der Waals surface area (Å²) in [4.78, 5) is 26.9. The number of rotatable bonds is 6. The monoisotopic (exact) mass is 497 g/mol. The molecule has 7 nitrogen and oxygen atoms in total. The van der Waals surface area contributed by atoms with Gasteiger partial charge in [-0.15, -0.1) is 0 Å². The van der Waals surface area contributed by atoms with Crippen molar-refractivity contribution in [3.63, 3.8) is 0 Å². The van der Waals surface area contributed by atoms with E-state index in [-0.39, 0.29) is 17.7 Å². The number of nitrogens with zero attached hydrogens (tertiary/aromatic N) is 4. The van der Waals surface area contributed by atoms with Gasteiger partial charge in [0.05, 0.1) is 17.7 Å². The van der Waals surface area contributed by atoms with Crippen molar-refractivity contribution < 1.29 is 9.90 Å². The normalized spacial score (nSPS) is 23.9. The van der Waals surface area contributed by atoms with Gasteiger partial charge in [-0.05, 0) is 42.9 Å². The number of piperazine rings is 1. The summed E-state index contributed by atoms with van der Waals surface area (Å²) in [6, 6.07) is 8.23. The van der Waals surface area contributed by atoms with E-state index in [0.29, 0.717) is 37.1 Å². The second kappa shape index (κ2) is 10.8. The Morgan fingerprint density at radius 3 is 2.54 bits per heavy atom. The second-order valence-corrected chi connectivity index (χ2v) is 10.7. The van der Waals surface area contributed by atoms with Crippen LogP contribution in [0.2, 0.25) is 5.02 Å². The molecule has 1 saturated carbocycles. The summed E-state index contributed by atoms with van der Waals surface area (Å²) in [5.74, 6) is 1.10. The Balaban J connectivity index is 1.27. The number of hydrogen-bond acceptors (Lipinski definition) is 6. The van der Waals surface area contributed by atoms with E-state index in [1.807, 2.05) is 29.2 Å². The first kappa shape index (κ1) is 24.5. The fourth-order valence-corrected chi connectivity index (χ4v) is 6.07. The van der Waals surface area contributed by atoms with Crippen LogP contribution in [0.1, 0.15) is 80.2 Å². The number of benzene rings is 1. The van der Waals surface area contributed by atoms with Crippen LogP contribution >= 0.6 is 11.6 Å². The second-order valence-electron chi connectivity index (χ2n) is 10.3. The highest BCUT2D eigenvalue weighted by atomic mass is 35.5. The third-order valence-corrected chi connectivity index (χ3v) is 8.21. The molecule has 1 aromatic carbocycles. The van der Waals surface area contributed by atoms with Crippen molar-refractivity contribution in [3.8, 4) is 0 Å². The van der Waals surface area contributed by atoms with Crippen LogP contribution in [0.3, 0.4) is 0 Å². The first-order valence-electron chi connectivity index (χ1n) is 13.1. The van der Waals surface area contributed by atoms with Crippen LogP contribution in [0.5, 0.6) is 0 Å². The first-order chi connectivity index (χ1) is 17.0. The Hall–Kier alpha value is -2.22.